The number of fused-ring (bicyclic) bond motifs is 1. The molecule has 1 saturated heterocycles. The fraction of sp³-hybridized carbons (Fsp3) is 0.360. The lowest BCUT2D eigenvalue weighted by atomic mass is 9.82. The number of halogens is 1. The van der Waals surface area contributed by atoms with Gasteiger partial charge in [0.2, 0.25) is 0 Å². The number of pyridine rings is 2. The summed E-state index contributed by atoms with van der Waals surface area (Å²) < 4.78 is 5.57. The first-order chi connectivity index (χ1) is 17.0. The number of ether oxygens (including phenoxy) is 1. The van der Waals surface area contributed by atoms with Gasteiger partial charge in [0, 0.05) is 41.4 Å². The first kappa shape index (κ1) is 25.9. The van der Waals surface area contributed by atoms with Gasteiger partial charge in [-0.2, -0.15) is 0 Å². The second-order valence-corrected chi connectivity index (χ2v) is 10.2. The number of piperidine rings is 1. The van der Waals surface area contributed by atoms with E-state index in [1.165, 1.54) is 18.3 Å². The molecule has 0 unspecified atom stereocenters. The average Bonchev–Trinajstić information content (AvgIpc) is 2.83. The molecule has 0 radical (unpaired) electrons. The molecule has 36 heavy (non-hydrogen) atoms. The predicted molar refractivity (Wildman–Crippen MR) is 138 cm³/mol. The van der Waals surface area contributed by atoms with Crippen molar-refractivity contribution < 1.29 is 24.4 Å². The Labute approximate surface area is 214 Å². The van der Waals surface area contributed by atoms with E-state index >= 15 is 0 Å². The van der Waals surface area contributed by atoms with Crippen LogP contribution >= 0.6 is 11.6 Å². The Bertz CT molecular complexity index is 1270. The van der Waals surface area contributed by atoms with Crippen LogP contribution in [-0.4, -0.2) is 68.8 Å². The van der Waals surface area contributed by atoms with Crippen LogP contribution in [0.3, 0.4) is 0 Å². The van der Waals surface area contributed by atoms with E-state index < -0.39 is 30.8 Å². The van der Waals surface area contributed by atoms with Crippen LogP contribution in [0.4, 0.5) is 10.6 Å². The third kappa shape index (κ3) is 5.78. The minimum atomic E-state index is -1.69. The molecule has 188 valence electrons. The molecular formula is C25H28BClN4O5. The molecule has 0 bridgehead atoms. The molecule has 11 heteroatoms. The molecule has 1 aromatic carbocycles. The van der Waals surface area contributed by atoms with E-state index in [-0.39, 0.29) is 17.7 Å². The number of aromatic nitrogens is 2. The average molecular weight is 511 g/mol. The lowest BCUT2D eigenvalue weighted by Crippen LogP contribution is -2.53. The van der Waals surface area contributed by atoms with Gasteiger partial charge >= 0.3 is 13.2 Å². The maximum absolute atomic E-state index is 13.9. The fourth-order valence-corrected chi connectivity index (χ4v) is 4.41. The van der Waals surface area contributed by atoms with Crippen molar-refractivity contribution in [1.82, 2.24) is 14.9 Å². The second-order valence-electron chi connectivity index (χ2n) is 9.75. The molecule has 1 atom stereocenters. The minimum absolute atomic E-state index is 0.113. The Morgan fingerprint density at radius 2 is 1.94 bits per heavy atom. The van der Waals surface area contributed by atoms with Gasteiger partial charge < -0.3 is 19.7 Å². The van der Waals surface area contributed by atoms with E-state index in [2.05, 4.69) is 9.97 Å². The lowest BCUT2D eigenvalue weighted by Gasteiger charge is -2.39. The zero-order valence-corrected chi connectivity index (χ0v) is 21.1. The Balaban J connectivity index is 1.75. The molecule has 0 saturated carbocycles. The molecule has 0 aliphatic carbocycles. The van der Waals surface area contributed by atoms with Crippen LogP contribution in [0.5, 0.6) is 0 Å². The van der Waals surface area contributed by atoms with Crippen molar-refractivity contribution in [2.24, 2.45) is 0 Å². The molecular weight excluding hydrogens is 483 g/mol. The van der Waals surface area contributed by atoms with Gasteiger partial charge in [0.1, 0.15) is 17.1 Å². The van der Waals surface area contributed by atoms with E-state index in [0.29, 0.717) is 30.2 Å². The number of rotatable bonds is 4. The van der Waals surface area contributed by atoms with Crippen LogP contribution in [0.15, 0.2) is 48.8 Å². The van der Waals surface area contributed by atoms with E-state index in [0.717, 1.165) is 10.8 Å². The van der Waals surface area contributed by atoms with Crippen molar-refractivity contribution >= 4 is 52.8 Å². The molecule has 2 amide bonds. The highest BCUT2D eigenvalue weighted by Gasteiger charge is 2.35. The van der Waals surface area contributed by atoms with Gasteiger partial charge in [0.05, 0.1) is 6.04 Å². The summed E-state index contributed by atoms with van der Waals surface area (Å²) in [4.78, 5) is 38.6. The number of amides is 2. The second kappa shape index (κ2) is 10.4. The lowest BCUT2D eigenvalue weighted by molar-refractivity contribution is 0.0196. The molecule has 1 aliphatic rings. The Morgan fingerprint density at radius 3 is 2.61 bits per heavy atom. The number of nitrogens with zero attached hydrogens (tertiary/aromatic N) is 4. The molecule has 2 aromatic heterocycles. The number of likely N-dealkylation sites (tertiary alicyclic amines) is 1. The Kier molecular flexibility index (Phi) is 7.49. The van der Waals surface area contributed by atoms with Crippen molar-refractivity contribution in [3.05, 3.63) is 59.5 Å². The molecule has 0 spiro atoms. The Hall–Kier alpha value is -3.21. The highest BCUT2D eigenvalue weighted by Crippen LogP contribution is 2.31. The highest BCUT2D eigenvalue weighted by atomic mass is 35.5. The van der Waals surface area contributed by atoms with E-state index in [1.54, 1.807) is 28.1 Å². The number of benzene rings is 1. The van der Waals surface area contributed by atoms with Gasteiger partial charge in [-0.25, -0.2) is 9.78 Å². The first-order valence-corrected chi connectivity index (χ1v) is 12.1. The van der Waals surface area contributed by atoms with Crippen molar-refractivity contribution in [3.8, 4) is 0 Å². The van der Waals surface area contributed by atoms with Crippen molar-refractivity contribution in [1.29, 1.82) is 0 Å². The van der Waals surface area contributed by atoms with Gasteiger partial charge in [-0.1, -0.05) is 17.7 Å². The van der Waals surface area contributed by atoms with Gasteiger partial charge in [0.15, 0.2) is 0 Å². The molecule has 3 heterocycles. The molecule has 1 aliphatic heterocycles. The Morgan fingerprint density at radius 1 is 1.17 bits per heavy atom. The number of anilines is 1. The number of carbonyl (C=O) groups is 2. The number of hydrogen-bond acceptors (Lipinski definition) is 7. The van der Waals surface area contributed by atoms with Gasteiger partial charge in [0.25, 0.3) is 5.91 Å². The summed E-state index contributed by atoms with van der Waals surface area (Å²) in [6.07, 6.45) is 3.75. The van der Waals surface area contributed by atoms with E-state index in [1.807, 2.05) is 32.9 Å². The molecule has 4 rings (SSSR count). The quantitative estimate of drug-likeness (QED) is 0.518. The fourth-order valence-electron chi connectivity index (χ4n) is 4.23. The number of carbonyl (C=O) groups excluding carboxylic acids is 2. The summed E-state index contributed by atoms with van der Waals surface area (Å²) in [5.41, 5.74) is -0.356. The summed E-state index contributed by atoms with van der Waals surface area (Å²) in [6.45, 7) is 6.22. The maximum Gasteiger partial charge on any atom is 0.490 e. The monoisotopic (exact) mass is 510 g/mol. The SMILES string of the molecule is CC(C)(C)OC(=O)N1CCC[C@@H](N(C(=O)c2ccc(B(O)O)cn2)c2nccc3cc(Cl)ccc23)C1. The zero-order chi connectivity index (χ0) is 26.0. The van der Waals surface area contributed by atoms with Gasteiger partial charge in [-0.05, 0) is 69.3 Å². The van der Waals surface area contributed by atoms with Crippen LogP contribution in [0.1, 0.15) is 44.1 Å². The van der Waals surface area contributed by atoms with Gasteiger partial charge in [-0.15, -0.1) is 0 Å². The third-order valence-electron chi connectivity index (χ3n) is 5.87. The smallest absolute Gasteiger partial charge is 0.444 e. The van der Waals surface area contributed by atoms with E-state index in [9.17, 15) is 19.6 Å². The zero-order valence-electron chi connectivity index (χ0n) is 20.4. The minimum Gasteiger partial charge on any atom is -0.444 e. The molecule has 9 nitrogen and oxygen atoms in total. The summed E-state index contributed by atoms with van der Waals surface area (Å²) in [5.74, 6) is 0.0123. The predicted octanol–water partition coefficient (Wildman–Crippen LogP) is 3.01. The normalized spacial score (nSPS) is 16.1. The summed E-state index contributed by atoms with van der Waals surface area (Å²) >= 11 is 6.19. The van der Waals surface area contributed by atoms with Crippen LogP contribution in [0.2, 0.25) is 5.02 Å². The maximum atomic E-state index is 13.9. The van der Waals surface area contributed by atoms with E-state index in [4.69, 9.17) is 16.3 Å². The van der Waals surface area contributed by atoms with Crippen LogP contribution in [0, 0.1) is 0 Å². The number of hydrogen-bond donors (Lipinski definition) is 2. The van der Waals surface area contributed by atoms with Crippen molar-refractivity contribution in [2.75, 3.05) is 18.0 Å². The molecule has 1 fully saturated rings. The molecule has 2 N–H and O–H groups in total. The highest BCUT2D eigenvalue weighted by molar-refractivity contribution is 6.58. The third-order valence-corrected chi connectivity index (χ3v) is 6.10. The van der Waals surface area contributed by atoms with Gasteiger partial charge in [-0.3, -0.25) is 14.7 Å². The standard InChI is InChI=1S/C25H28BClN4O5/c1-25(2,3)36-24(33)30-12-4-5-19(15-30)31(23(32)21-9-6-17(14-29-21)26(34)35)22-20-8-7-18(27)13-16(20)10-11-28-22/h6-11,13-14,19,34-35H,4-5,12,15H2,1-3H3/t19-/m1/s1. The largest absolute Gasteiger partial charge is 0.490 e. The first-order valence-electron chi connectivity index (χ1n) is 11.7. The van der Waals surface area contributed by atoms with Crippen LogP contribution in [-0.2, 0) is 4.74 Å². The summed E-state index contributed by atoms with van der Waals surface area (Å²) in [6, 6.07) is 9.66. The summed E-state index contributed by atoms with van der Waals surface area (Å²) in [5, 5.41) is 20.9. The van der Waals surface area contributed by atoms with Crippen LogP contribution in [0.25, 0.3) is 10.8 Å². The molecule has 3 aromatic rings. The topological polar surface area (TPSA) is 116 Å². The van der Waals surface area contributed by atoms with Crippen LogP contribution < -0.4 is 10.4 Å². The summed E-state index contributed by atoms with van der Waals surface area (Å²) in [7, 11) is -1.69. The van der Waals surface area contributed by atoms with Crippen molar-refractivity contribution in [3.63, 3.8) is 0 Å². The van der Waals surface area contributed by atoms with Crippen molar-refractivity contribution in [2.45, 2.75) is 45.3 Å².